The third-order valence-electron chi connectivity index (χ3n) is 4.02. The van der Waals surface area contributed by atoms with Crippen LogP contribution in [0.1, 0.15) is 43.2 Å². The van der Waals surface area contributed by atoms with Crippen molar-refractivity contribution in [3.63, 3.8) is 0 Å². The fourth-order valence-corrected chi connectivity index (χ4v) is 2.87. The molecule has 0 radical (unpaired) electrons. The first kappa shape index (κ1) is 14.4. The van der Waals surface area contributed by atoms with Gasteiger partial charge in [-0.3, -0.25) is 5.32 Å². The van der Waals surface area contributed by atoms with E-state index in [1.165, 1.54) is 5.56 Å². The van der Waals surface area contributed by atoms with E-state index in [4.69, 9.17) is 5.53 Å². The van der Waals surface area contributed by atoms with E-state index in [0.29, 0.717) is 19.0 Å². The van der Waals surface area contributed by atoms with Gasteiger partial charge >= 0.3 is 0 Å². The lowest BCUT2D eigenvalue weighted by Crippen LogP contribution is -2.44. The van der Waals surface area contributed by atoms with Gasteiger partial charge in [0.25, 0.3) is 0 Å². The second kappa shape index (κ2) is 6.42. The Morgan fingerprint density at radius 1 is 1.55 bits per heavy atom. The van der Waals surface area contributed by atoms with Crippen molar-refractivity contribution in [2.24, 2.45) is 5.11 Å². The zero-order valence-corrected chi connectivity index (χ0v) is 11.7. The molecule has 1 aromatic rings. The molecule has 104 valence electrons. The van der Waals surface area contributed by atoms with Crippen LogP contribution < -0.4 is 5.32 Å². The van der Waals surface area contributed by atoms with Crippen LogP contribution in [0.2, 0.25) is 0 Å². The molecule has 0 heterocycles. The molecule has 5 nitrogen and oxygen atoms in total. The van der Waals surface area contributed by atoms with Crippen LogP contribution in [-0.4, -0.2) is 13.1 Å². The maximum Gasteiger partial charge on any atom is 0.132 e. The third kappa shape index (κ3) is 2.77. The van der Waals surface area contributed by atoms with E-state index in [1.54, 1.807) is 0 Å². The summed E-state index contributed by atoms with van der Waals surface area (Å²) in [5.74, 6) is 0.498. The number of nitriles is 1. The molecule has 1 N–H and O–H groups in total. The summed E-state index contributed by atoms with van der Waals surface area (Å²) in [6.07, 6.45) is 2.57. The molecule has 0 fully saturated rings. The summed E-state index contributed by atoms with van der Waals surface area (Å²) in [7, 11) is 0. The van der Waals surface area contributed by atoms with Crippen molar-refractivity contribution in [2.45, 2.75) is 37.6 Å². The second-order valence-corrected chi connectivity index (χ2v) is 5.28. The largest absolute Gasteiger partial charge is 0.296 e. The second-order valence-electron chi connectivity index (χ2n) is 5.28. The van der Waals surface area contributed by atoms with Crippen molar-refractivity contribution in [1.29, 1.82) is 5.26 Å². The number of fused-ring (bicyclic) bond motifs is 1. The van der Waals surface area contributed by atoms with E-state index in [0.717, 1.165) is 24.8 Å². The normalized spacial score (nSPS) is 24.3. The van der Waals surface area contributed by atoms with E-state index in [-0.39, 0.29) is 0 Å². The van der Waals surface area contributed by atoms with Crippen LogP contribution in [0.25, 0.3) is 10.4 Å². The van der Waals surface area contributed by atoms with Crippen LogP contribution >= 0.6 is 0 Å². The first-order chi connectivity index (χ1) is 9.73. The quantitative estimate of drug-likeness (QED) is 0.383. The molecule has 0 aromatic heterocycles. The molecule has 0 spiro atoms. The first-order valence-corrected chi connectivity index (χ1v) is 7.00. The Hall–Kier alpha value is -2.02. The summed E-state index contributed by atoms with van der Waals surface area (Å²) in [6, 6.07) is 10.7. The van der Waals surface area contributed by atoms with Gasteiger partial charge in [0.1, 0.15) is 5.54 Å². The molecule has 0 saturated heterocycles. The Balaban J connectivity index is 2.17. The maximum absolute atomic E-state index is 9.68. The monoisotopic (exact) mass is 269 g/mol. The predicted molar refractivity (Wildman–Crippen MR) is 78.0 cm³/mol. The van der Waals surface area contributed by atoms with Crippen LogP contribution in [0.4, 0.5) is 0 Å². The number of benzene rings is 1. The zero-order chi connectivity index (χ0) is 14.4. The number of nitrogens with one attached hydrogen (secondary N) is 1. The highest BCUT2D eigenvalue weighted by molar-refractivity contribution is 5.42. The van der Waals surface area contributed by atoms with Gasteiger partial charge in [0.2, 0.25) is 0 Å². The molecule has 0 aliphatic heterocycles. The van der Waals surface area contributed by atoms with E-state index >= 15 is 0 Å². The highest BCUT2D eigenvalue weighted by Crippen LogP contribution is 2.40. The summed E-state index contributed by atoms with van der Waals surface area (Å²) in [5, 5.41) is 16.6. The number of hydrogen-bond donors (Lipinski definition) is 1. The number of hydrogen-bond acceptors (Lipinski definition) is 3. The van der Waals surface area contributed by atoms with Crippen molar-refractivity contribution < 1.29 is 0 Å². The smallest absolute Gasteiger partial charge is 0.132 e. The molecule has 2 unspecified atom stereocenters. The Morgan fingerprint density at radius 2 is 2.35 bits per heavy atom. The minimum Gasteiger partial charge on any atom is -0.296 e. The van der Waals surface area contributed by atoms with Gasteiger partial charge in [-0.1, -0.05) is 36.3 Å². The number of rotatable bonds is 5. The average molecular weight is 269 g/mol. The molecule has 2 rings (SSSR count). The van der Waals surface area contributed by atoms with Gasteiger partial charge in [-0.05, 0) is 48.4 Å². The molecule has 0 saturated carbocycles. The van der Waals surface area contributed by atoms with Gasteiger partial charge in [-0.15, -0.1) is 0 Å². The SMILES string of the molecule is CC1CCC(C#N)(NCCCN=[N+]=[N-])c2ccccc21. The van der Waals surface area contributed by atoms with Gasteiger partial charge in [0.15, 0.2) is 0 Å². The molecule has 0 amide bonds. The topological polar surface area (TPSA) is 84.6 Å². The highest BCUT2D eigenvalue weighted by Gasteiger charge is 2.38. The minimum atomic E-state index is -0.598. The average Bonchev–Trinajstić information content (AvgIpc) is 2.50. The molecule has 1 aliphatic rings. The molecule has 20 heavy (non-hydrogen) atoms. The maximum atomic E-state index is 9.68. The van der Waals surface area contributed by atoms with Gasteiger partial charge < -0.3 is 0 Å². The molecule has 1 aromatic carbocycles. The molecular formula is C15H19N5. The summed E-state index contributed by atoms with van der Waals surface area (Å²) >= 11 is 0. The Labute approximate surface area is 119 Å². The van der Waals surface area contributed by atoms with Crippen molar-refractivity contribution >= 4 is 0 Å². The fraction of sp³-hybridized carbons (Fsp3) is 0.533. The summed E-state index contributed by atoms with van der Waals surface area (Å²) in [6.45, 7) is 3.35. The van der Waals surface area contributed by atoms with Gasteiger partial charge in [0, 0.05) is 11.5 Å². The van der Waals surface area contributed by atoms with E-state index in [9.17, 15) is 5.26 Å². The van der Waals surface area contributed by atoms with Crippen molar-refractivity contribution in [3.05, 3.63) is 45.8 Å². The highest BCUT2D eigenvalue weighted by atomic mass is 15.1. The Kier molecular flexibility index (Phi) is 4.62. The minimum absolute atomic E-state index is 0.461. The molecule has 5 heteroatoms. The van der Waals surface area contributed by atoms with Crippen molar-refractivity contribution in [1.82, 2.24) is 5.32 Å². The van der Waals surface area contributed by atoms with Crippen LogP contribution in [0, 0.1) is 11.3 Å². The summed E-state index contributed by atoms with van der Waals surface area (Å²) in [4.78, 5) is 2.74. The van der Waals surface area contributed by atoms with Crippen LogP contribution in [-0.2, 0) is 5.54 Å². The third-order valence-corrected chi connectivity index (χ3v) is 4.02. The van der Waals surface area contributed by atoms with E-state index in [1.807, 2.05) is 12.1 Å². The zero-order valence-electron chi connectivity index (χ0n) is 11.7. The molecule has 2 atom stereocenters. The lowest BCUT2D eigenvalue weighted by Gasteiger charge is -2.37. The van der Waals surface area contributed by atoms with E-state index in [2.05, 4.69) is 40.5 Å². The summed E-state index contributed by atoms with van der Waals surface area (Å²) in [5.41, 5.74) is 10.0. The van der Waals surface area contributed by atoms with Crippen molar-refractivity contribution in [3.8, 4) is 6.07 Å². The van der Waals surface area contributed by atoms with Crippen molar-refractivity contribution in [2.75, 3.05) is 13.1 Å². The first-order valence-electron chi connectivity index (χ1n) is 7.00. The predicted octanol–water partition coefficient (Wildman–Crippen LogP) is 3.59. The molecule has 1 aliphatic carbocycles. The Bertz CT molecular complexity index is 556. The standard InChI is InChI=1S/C15H19N5/c1-12-7-8-15(11-16,18-9-4-10-19-20-17)14-6-3-2-5-13(12)14/h2-3,5-6,12,18H,4,7-10H2,1H3. The lowest BCUT2D eigenvalue weighted by atomic mass is 9.73. The summed E-state index contributed by atoms with van der Waals surface area (Å²) < 4.78 is 0. The van der Waals surface area contributed by atoms with E-state index < -0.39 is 5.54 Å². The van der Waals surface area contributed by atoms with Crippen LogP contribution in [0.3, 0.4) is 0 Å². The number of nitrogens with zero attached hydrogens (tertiary/aromatic N) is 4. The van der Waals surface area contributed by atoms with Crippen LogP contribution in [0.15, 0.2) is 29.4 Å². The molecule has 0 bridgehead atoms. The number of azide groups is 1. The van der Waals surface area contributed by atoms with Gasteiger partial charge in [-0.2, -0.15) is 5.26 Å². The van der Waals surface area contributed by atoms with Gasteiger partial charge in [-0.25, -0.2) is 0 Å². The van der Waals surface area contributed by atoms with Gasteiger partial charge in [0.05, 0.1) is 6.07 Å². The van der Waals surface area contributed by atoms with Crippen LogP contribution in [0.5, 0.6) is 0 Å². The Morgan fingerprint density at radius 3 is 3.10 bits per heavy atom. The fourth-order valence-electron chi connectivity index (χ4n) is 2.87. The lowest BCUT2D eigenvalue weighted by molar-refractivity contribution is 0.347. The molecular weight excluding hydrogens is 250 g/mol.